The molecule has 28 heavy (non-hydrogen) atoms. The Labute approximate surface area is 167 Å². The van der Waals surface area contributed by atoms with Crippen LogP contribution in [0.5, 0.6) is 5.75 Å². The number of nitrogens with one attached hydrogen (secondary N) is 1. The van der Waals surface area contributed by atoms with Crippen LogP contribution in [0.3, 0.4) is 0 Å². The van der Waals surface area contributed by atoms with E-state index in [-0.39, 0.29) is 5.91 Å². The molecule has 1 amide bonds. The van der Waals surface area contributed by atoms with Crippen LogP contribution >= 0.6 is 0 Å². The first-order chi connectivity index (χ1) is 13.5. The maximum Gasteiger partial charge on any atom is 0.244 e. The van der Waals surface area contributed by atoms with Gasteiger partial charge < -0.3 is 19.4 Å². The summed E-state index contributed by atoms with van der Waals surface area (Å²) >= 11 is 0. The molecule has 0 atom stereocenters. The van der Waals surface area contributed by atoms with Crippen LogP contribution in [-0.2, 0) is 17.6 Å². The minimum atomic E-state index is -0.0620. The highest BCUT2D eigenvalue weighted by Crippen LogP contribution is 2.38. The van der Waals surface area contributed by atoms with Gasteiger partial charge in [-0.1, -0.05) is 0 Å². The van der Waals surface area contributed by atoms with Crippen LogP contribution in [0.4, 0.5) is 0 Å². The summed E-state index contributed by atoms with van der Waals surface area (Å²) in [5, 5.41) is 4.13. The van der Waals surface area contributed by atoms with Crippen LogP contribution in [0.25, 0.3) is 16.5 Å². The zero-order chi connectivity index (χ0) is 20.1. The molecule has 0 fully saturated rings. The molecular weight excluding hydrogens is 352 g/mol. The Morgan fingerprint density at radius 1 is 1.29 bits per heavy atom. The molecule has 0 aliphatic heterocycles. The van der Waals surface area contributed by atoms with Gasteiger partial charge in [0.2, 0.25) is 5.91 Å². The summed E-state index contributed by atoms with van der Waals surface area (Å²) in [5.74, 6) is 1.82. The number of hydrogen-bond acceptors (Lipinski definition) is 4. The number of carbonyl (C=O) groups excluding carboxylic acids is 1. The van der Waals surface area contributed by atoms with E-state index in [0.717, 1.165) is 59.4 Å². The van der Waals surface area contributed by atoms with Crippen LogP contribution in [0.15, 0.2) is 22.6 Å². The molecule has 5 heteroatoms. The van der Waals surface area contributed by atoms with E-state index >= 15 is 0 Å². The van der Waals surface area contributed by atoms with E-state index in [1.54, 1.807) is 6.08 Å². The number of rotatable bonds is 8. The lowest BCUT2D eigenvalue weighted by atomic mass is 9.94. The predicted molar refractivity (Wildman–Crippen MR) is 114 cm³/mol. The zero-order valence-corrected chi connectivity index (χ0v) is 17.6. The number of aryl methyl sites for hydroxylation is 2. The summed E-state index contributed by atoms with van der Waals surface area (Å²) in [6.07, 6.45) is 7.06. The number of nitrogens with zero attached hydrogens (tertiary/aromatic N) is 1. The molecule has 1 N–H and O–H groups in total. The lowest BCUT2D eigenvalue weighted by molar-refractivity contribution is -0.116. The normalized spacial score (nSPS) is 14.4. The first-order valence-electron chi connectivity index (χ1n) is 10.3. The Kier molecular flexibility index (Phi) is 6.79. The molecule has 0 bridgehead atoms. The minimum Gasteiger partial charge on any atom is -0.493 e. The van der Waals surface area contributed by atoms with E-state index in [1.807, 2.05) is 34.0 Å². The fourth-order valence-corrected chi connectivity index (χ4v) is 3.80. The Balaban J connectivity index is 1.84. The van der Waals surface area contributed by atoms with Gasteiger partial charge in [-0.25, -0.2) is 0 Å². The second kappa shape index (κ2) is 9.28. The van der Waals surface area contributed by atoms with Crippen molar-refractivity contribution in [2.45, 2.75) is 46.0 Å². The molecule has 1 aliphatic rings. The van der Waals surface area contributed by atoms with Gasteiger partial charge in [-0.3, -0.25) is 4.79 Å². The van der Waals surface area contributed by atoms with Crippen molar-refractivity contribution in [2.75, 3.05) is 33.8 Å². The summed E-state index contributed by atoms with van der Waals surface area (Å²) in [6.45, 7) is 6.14. The molecule has 0 unspecified atom stereocenters. The maximum atomic E-state index is 12.3. The number of allylic oxidation sites excluding steroid dienone is 1. The van der Waals surface area contributed by atoms with Gasteiger partial charge in [-0.05, 0) is 71.8 Å². The molecule has 1 aromatic carbocycles. The van der Waals surface area contributed by atoms with E-state index in [4.69, 9.17) is 9.15 Å². The SMILES string of the molecule is CCOc1cc2oc3c(c2cc1/C(C)=C/C(=O)NCCCN(C)C)CCCC3. The molecule has 3 rings (SSSR count). The smallest absolute Gasteiger partial charge is 0.244 e. The third kappa shape index (κ3) is 4.76. The van der Waals surface area contributed by atoms with Gasteiger partial charge in [0.25, 0.3) is 0 Å². The van der Waals surface area contributed by atoms with Crippen LogP contribution in [-0.4, -0.2) is 44.6 Å². The minimum absolute atomic E-state index is 0.0620. The zero-order valence-electron chi connectivity index (χ0n) is 17.6. The molecule has 152 valence electrons. The largest absolute Gasteiger partial charge is 0.493 e. The predicted octanol–water partition coefficient (Wildman–Crippen LogP) is 4.18. The van der Waals surface area contributed by atoms with Crippen LogP contribution in [0.2, 0.25) is 0 Å². The lowest BCUT2D eigenvalue weighted by Gasteiger charge is -2.12. The standard InChI is InChI=1S/C23H32N2O3/c1-5-27-21-15-22-19(17-9-6-7-10-20(17)28-22)14-18(21)16(2)13-23(26)24-11-8-12-25(3)4/h13-15H,5-12H2,1-4H3,(H,24,26)/b16-13+. The van der Waals surface area contributed by atoms with Gasteiger partial charge in [-0.2, -0.15) is 0 Å². The van der Waals surface area contributed by atoms with Gasteiger partial charge >= 0.3 is 0 Å². The van der Waals surface area contributed by atoms with Crippen molar-refractivity contribution in [1.29, 1.82) is 0 Å². The molecule has 1 aliphatic carbocycles. The fourth-order valence-electron chi connectivity index (χ4n) is 3.80. The number of hydrogen-bond donors (Lipinski definition) is 1. The van der Waals surface area contributed by atoms with Gasteiger partial charge in [-0.15, -0.1) is 0 Å². The van der Waals surface area contributed by atoms with Crippen LogP contribution in [0, 0.1) is 0 Å². The second-order valence-corrected chi connectivity index (χ2v) is 7.76. The van der Waals surface area contributed by atoms with E-state index in [0.29, 0.717) is 13.2 Å². The topological polar surface area (TPSA) is 54.7 Å². The fraction of sp³-hybridized carbons (Fsp3) is 0.522. The van der Waals surface area contributed by atoms with E-state index in [1.165, 1.54) is 18.4 Å². The van der Waals surface area contributed by atoms with Gasteiger partial charge in [0.05, 0.1) is 6.61 Å². The Morgan fingerprint density at radius 2 is 2.07 bits per heavy atom. The number of furan rings is 1. The summed E-state index contributed by atoms with van der Waals surface area (Å²) in [7, 11) is 4.07. The van der Waals surface area contributed by atoms with Crippen molar-refractivity contribution in [3.63, 3.8) is 0 Å². The van der Waals surface area contributed by atoms with Gasteiger partial charge in [0.1, 0.15) is 17.1 Å². The highest BCUT2D eigenvalue weighted by atomic mass is 16.5. The van der Waals surface area contributed by atoms with Gasteiger partial charge in [0, 0.05) is 41.6 Å². The van der Waals surface area contributed by atoms with Crippen molar-refractivity contribution in [3.8, 4) is 5.75 Å². The number of fused-ring (bicyclic) bond motifs is 3. The molecule has 0 saturated carbocycles. The summed E-state index contributed by atoms with van der Waals surface area (Å²) in [5.41, 5.74) is 4.08. The Hall–Kier alpha value is -2.27. The monoisotopic (exact) mass is 384 g/mol. The van der Waals surface area contributed by atoms with Crippen molar-refractivity contribution in [3.05, 3.63) is 35.1 Å². The number of carbonyl (C=O) groups is 1. The summed E-state index contributed by atoms with van der Waals surface area (Å²) in [4.78, 5) is 14.4. The summed E-state index contributed by atoms with van der Waals surface area (Å²) < 4.78 is 12.0. The van der Waals surface area contributed by atoms with Crippen LogP contribution < -0.4 is 10.1 Å². The molecule has 0 saturated heterocycles. The quantitative estimate of drug-likeness (QED) is 0.548. The number of amides is 1. The number of benzene rings is 1. The molecular formula is C23H32N2O3. The van der Waals surface area contributed by atoms with E-state index in [9.17, 15) is 4.79 Å². The number of ether oxygens (including phenoxy) is 1. The van der Waals surface area contributed by atoms with Crippen LogP contribution in [0.1, 0.15) is 50.0 Å². The average molecular weight is 385 g/mol. The van der Waals surface area contributed by atoms with Crippen molar-refractivity contribution in [2.24, 2.45) is 0 Å². The van der Waals surface area contributed by atoms with E-state index < -0.39 is 0 Å². The first-order valence-corrected chi connectivity index (χ1v) is 10.3. The molecule has 0 spiro atoms. The Morgan fingerprint density at radius 3 is 2.82 bits per heavy atom. The summed E-state index contributed by atoms with van der Waals surface area (Å²) in [6, 6.07) is 4.12. The third-order valence-corrected chi connectivity index (χ3v) is 5.21. The lowest BCUT2D eigenvalue weighted by Crippen LogP contribution is -2.25. The maximum absolute atomic E-state index is 12.3. The second-order valence-electron chi connectivity index (χ2n) is 7.76. The van der Waals surface area contributed by atoms with E-state index in [2.05, 4.69) is 16.3 Å². The molecule has 2 aromatic rings. The van der Waals surface area contributed by atoms with Crippen molar-refractivity contribution in [1.82, 2.24) is 10.2 Å². The van der Waals surface area contributed by atoms with Crippen molar-refractivity contribution < 1.29 is 13.9 Å². The molecule has 0 radical (unpaired) electrons. The highest BCUT2D eigenvalue weighted by molar-refractivity contribution is 5.97. The third-order valence-electron chi connectivity index (χ3n) is 5.21. The first kappa shape index (κ1) is 20.5. The Bertz CT molecular complexity index is 864. The van der Waals surface area contributed by atoms with Crippen molar-refractivity contribution >= 4 is 22.4 Å². The highest BCUT2D eigenvalue weighted by Gasteiger charge is 2.20. The molecule has 1 aromatic heterocycles. The van der Waals surface area contributed by atoms with Gasteiger partial charge in [0.15, 0.2) is 0 Å². The molecule has 5 nitrogen and oxygen atoms in total. The molecule has 1 heterocycles. The average Bonchev–Trinajstić information content (AvgIpc) is 3.02.